The molecule has 3 rings (SSSR count). The highest BCUT2D eigenvalue weighted by Crippen LogP contribution is 2.30. The summed E-state index contributed by atoms with van der Waals surface area (Å²) in [5.74, 6) is 1.28. The van der Waals surface area contributed by atoms with Gasteiger partial charge in [0, 0.05) is 42.9 Å². The third-order valence-corrected chi connectivity index (χ3v) is 5.12. The number of carbonyl (C=O) groups excluding carboxylic acids is 1. The van der Waals surface area contributed by atoms with Crippen LogP contribution in [0.3, 0.4) is 0 Å². The number of aromatic nitrogens is 2. The lowest BCUT2D eigenvalue weighted by Gasteiger charge is -2.32. The van der Waals surface area contributed by atoms with Gasteiger partial charge >= 0.3 is 0 Å². The van der Waals surface area contributed by atoms with Gasteiger partial charge in [-0.3, -0.25) is 4.79 Å². The number of piperidine rings is 1. The van der Waals surface area contributed by atoms with Crippen LogP contribution in [0.15, 0.2) is 24.4 Å². The number of likely N-dealkylation sites (tertiary alicyclic amines) is 1. The Kier molecular flexibility index (Phi) is 6.22. The molecule has 1 aliphatic rings. The van der Waals surface area contributed by atoms with E-state index in [4.69, 9.17) is 9.72 Å². The molecule has 0 atom stereocenters. The van der Waals surface area contributed by atoms with Gasteiger partial charge in [0.05, 0.1) is 12.3 Å². The van der Waals surface area contributed by atoms with Crippen LogP contribution in [0.4, 0.5) is 0 Å². The highest BCUT2D eigenvalue weighted by molar-refractivity contribution is 5.94. The van der Waals surface area contributed by atoms with Crippen LogP contribution < -0.4 is 0 Å². The van der Waals surface area contributed by atoms with Crippen LogP contribution in [0.5, 0.6) is 0 Å². The molecular weight excluding hydrogens is 338 g/mol. The molecule has 1 amide bonds. The van der Waals surface area contributed by atoms with Gasteiger partial charge in [-0.05, 0) is 52.7 Å². The molecule has 1 fully saturated rings. The van der Waals surface area contributed by atoms with Crippen LogP contribution in [0.2, 0.25) is 0 Å². The van der Waals surface area contributed by atoms with Crippen molar-refractivity contribution in [3.63, 3.8) is 0 Å². The smallest absolute Gasteiger partial charge is 0.253 e. The Morgan fingerprint density at radius 2 is 1.81 bits per heavy atom. The minimum Gasteiger partial charge on any atom is -0.377 e. The largest absolute Gasteiger partial charge is 0.377 e. The van der Waals surface area contributed by atoms with Crippen molar-refractivity contribution in [3.05, 3.63) is 58.2 Å². The third-order valence-electron chi connectivity index (χ3n) is 5.12. The van der Waals surface area contributed by atoms with Crippen LogP contribution in [0.25, 0.3) is 0 Å². The predicted octanol–water partition coefficient (Wildman–Crippen LogP) is 3.96. The molecule has 0 N–H and O–H groups in total. The molecule has 1 aromatic heterocycles. The van der Waals surface area contributed by atoms with Gasteiger partial charge in [-0.15, -0.1) is 0 Å². The van der Waals surface area contributed by atoms with E-state index in [9.17, 15) is 4.79 Å². The third kappa shape index (κ3) is 4.72. The fourth-order valence-corrected chi connectivity index (χ4v) is 3.83. The van der Waals surface area contributed by atoms with Crippen molar-refractivity contribution in [3.8, 4) is 0 Å². The van der Waals surface area contributed by atoms with E-state index < -0.39 is 0 Å². The van der Waals surface area contributed by atoms with Crippen molar-refractivity contribution in [2.75, 3.05) is 19.7 Å². The molecule has 1 aromatic carbocycles. The maximum atomic E-state index is 12.9. The van der Waals surface area contributed by atoms with Gasteiger partial charge in [-0.25, -0.2) is 9.97 Å². The Labute approximate surface area is 161 Å². The highest BCUT2D eigenvalue weighted by Gasteiger charge is 2.27. The summed E-state index contributed by atoms with van der Waals surface area (Å²) in [6, 6.07) is 6.06. The normalized spacial score (nSPS) is 15.2. The minimum atomic E-state index is 0.133. The van der Waals surface area contributed by atoms with E-state index in [1.807, 2.05) is 50.9 Å². The zero-order valence-corrected chi connectivity index (χ0v) is 16.8. The maximum Gasteiger partial charge on any atom is 0.253 e. The van der Waals surface area contributed by atoms with Crippen molar-refractivity contribution in [2.24, 2.45) is 0 Å². The van der Waals surface area contributed by atoms with E-state index in [1.54, 1.807) is 0 Å². The second-order valence-corrected chi connectivity index (χ2v) is 7.41. The Morgan fingerprint density at radius 3 is 2.44 bits per heavy atom. The van der Waals surface area contributed by atoms with Gasteiger partial charge in [-0.2, -0.15) is 0 Å². The second-order valence-electron chi connectivity index (χ2n) is 7.41. The maximum absolute atomic E-state index is 12.9. The van der Waals surface area contributed by atoms with Crippen LogP contribution in [-0.2, 0) is 11.3 Å². The zero-order chi connectivity index (χ0) is 19.4. The number of amides is 1. The van der Waals surface area contributed by atoms with Crippen molar-refractivity contribution >= 4 is 5.91 Å². The van der Waals surface area contributed by atoms with E-state index in [2.05, 4.69) is 11.1 Å². The van der Waals surface area contributed by atoms with Crippen LogP contribution in [0, 0.1) is 20.8 Å². The standard InChI is InChI=1S/C22H29N3O2/c1-5-27-14-20-13-23-17(4)24-21(20)18-6-8-25(9-7-18)22(26)19-11-15(2)10-16(3)12-19/h10-13,18H,5-9,14H2,1-4H3. The lowest BCUT2D eigenvalue weighted by Crippen LogP contribution is -2.38. The molecule has 2 heterocycles. The Morgan fingerprint density at radius 1 is 1.15 bits per heavy atom. The first-order valence-electron chi connectivity index (χ1n) is 9.75. The summed E-state index contributed by atoms with van der Waals surface area (Å²) in [5, 5.41) is 0. The van der Waals surface area contributed by atoms with Crippen molar-refractivity contribution in [1.29, 1.82) is 0 Å². The first-order valence-corrected chi connectivity index (χ1v) is 9.75. The Hall–Kier alpha value is -2.27. The number of nitrogens with zero attached hydrogens (tertiary/aromatic N) is 3. The monoisotopic (exact) mass is 367 g/mol. The molecule has 5 heteroatoms. The number of hydrogen-bond donors (Lipinski definition) is 0. The molecule has 27 heavy (non-hydrogen) atoms. The number of ether oxygens (including phenoxy) is 1. The number of aryl methyl sites for hydroxylation is 3. The zero-order valence-electron chi connectivity index (χ0n) is 16.8. The summed E-state index contributed by atoms with van der Waals surface area (Å²) < 4.78 is 5.59. The lowest BCUT2D eigenvalue weighted by atomic mass is 9.90. The number of benzene rings is 1. The SMILES string of the molecule is CCOCc1cnc(C)nc1C1CCN(C(=O)c2cc(C)cc(C)c2)CC1. The fourth-order valence-electron chi connectivity index (χ4n) is 3.83. The van der Waals surface area contributed by atoms with Gasteiger partial charge in [0.15, 0.2) is 0 Å². The van der Waals surface area contributed by atoms with Gasteiger partial charge < -0.3 is 9.64 Å². The highest BCUT2D eigenvalue weighted by atomic mass is 16.5. The molecule has 0 saturated carbocycles. The van der Waals surface area contributed by atoms with Crippen molar-refractivity contribution in [1.82, 2.24) is 14.9 Å². The minimum absolute atomic E-state index is 0.133. The Bertz CT molecular complexity index is 791. The van der Waals surface area contributed by atoms with Crippen LogP contribution in [0.1, 0.15) is 64.2 Å². The summed E-state index contributed by atoms with van der Waals surface area (Å²) in [4.78, 5) is 23.9. The predicted molar refractivity (Wildman–Crippen MR) is 106 cm³/mol. The molecule has 1 saturated heterocycles. The number of carbonyl (C=O) groups is 1. The number of rotatable bonds is 5. The molecule has 0 bridgehead atoms. The molecule has 5 nitrogen and oxygen atoms in total. The fraction of sp³-hybridized carbons (Fsp3) is 0.500. The number of hydrogen-bond acceptors (Lipinski definition) is 4. The summed E-state index contributed by atoms with van der Waals surface area (Å²) in [7, 11) is 0. The first kappa shape index (κ1) is 19.5. The van der Waals surface area contributed by atoms with E-state index >= 15 is 0 Å². The summed E-state index contributed by atoms with van der Waals surface area (Å²) in [6.07, 6.45) is 3.73. The topological polar surface area (TPSA) is 55.3 Å². The van der Waals surface area contributed by atoms with Crippen molar-refractivity contribution < 1.29 is 9.53 Å². The average Bonchev–Trinajstić information content (AvgIpc) is 2.66. The second kappa shape index (κ2) is 8.61. The van der Waals surface area contributed by atoms with Gasteiger partial charge in [0.25, 0.3) is 5.91 Å². The lowest BCUT2D eigenvalue weighted by molar-refractivity contribution is 0.0710. The molecule has 0 spiro atoms. The Balaban J connectivity index is 1.70. The molecule has 0 unspecified atom stereocenters. The van der Waals surface area contributed by atoms with Crippen LogP contribution in [-0.4, -0.2) is 40.5 Å². The molecule has 2 aromatic rings. The molecule has 0 radical (unpaired) electrons. The molecule has 0 aliphatic carbocycles. The molecular formula is C22H29N3O2. The molecule has 144 valence electrons. The quantitative estimate of drug-likeness (QED) is 0.803. The summed E-state index contributed by atoms with van der Waals surface area (Å²) in [6.45, 7) is 10.7. The van der Waals surface area contributed by atoms with E-state index in [0.717, 1.165) is 59.7 Å². The average molecular weight is 367 g/mol. The van der Waals surface area contributed by atoms with Gasteiger partial charge in [0.2, 0.25) is 0 Å². The summed E-state index contributed by atoms with van der Waals surface area (Å²) >= 11 is 0. The van der Waals surface area contributed by atoms with Crippen LogP contribution >= 0.6 is 0 Å². The van der Waals surface area contributed by atoms with E-state index in [1.165, 1.54) is 0 Å². The first-order chi connectivity index (χ1) is 13.0. The summed E-state index contributed by atoms with van der Waals surface area (Å²) in [5.41, 5.74) is 5.22. The van der Waals surface area contributed by atoms with Gasteiger partial charge in [0.1, 0.15) is 5.82 Å². The van der Waals surface area contributed by atoms with E-state index in [0.29, 0.717) is 19.1 Å². The molecule has 1 aliphatic heterocycles. The van der Waals surface area contributed by atoms with Crippen molar-refractivity contribution in [2.45, 2.75) is 53.1 Å². The van der Waals surface area contributed by atoms with Gasteiger partial charge in [-0.1, -0.05) is 17.2 Å². The van der Waals surface area contributed by atoms with E-state index in [-0.39, 0.29) is 5.91 Å².